The van der Waals surface area contributed by atoms with Crippen LogP contribution >= 0.6 is 0 Å². The van der Waals surface area contributed by atoms with E-state index >= 15 is 0 Å². The predicted octanol–water partition coefficient (Wildman–Crippen LogP) is 4.12. The molecule has 1 saturated heterocycles. The molecule has 0 radical (unpaired) electrons. The van der Waals surface area contributed by atoms with Crippen LogP contribution in [0, 0.1) is 33.2 Å². The lowest BCUT2D eigenvalue weighted by molar-refractivity contribution is -0.387. The van der Waals surface area contributed by atoms with E-state index in [1.165, 1.54) is 29.2 Å². The number of fused-ring (bicyclic) bond motifs is 3. The van der Waals surface area contributed by atoms with Gasteiger partial charge >= 0.3 is 12.1 Å². The number of esters is 1. The molecule has 340 valence electrons. The third kappa shape index (κ3) is 9.94. The van der Waals surface area contributed by atoms with Crippen molar-refractivity contribution in [3.8, 4) is 0 Å². The van der Waals surface area contributed by atoms with Gasteiger partial charge in [0.25, 0.3) is 5.69 Å². The van der Waals surface area contributed by atoms with Crippen LogP contribution in [0.3, 0.4) is 0 Å². The van der Waals surface area contributed by atoms with E-state index in [0.29, 0.717) is 24.0 Å². The van der Waals surface area contributed by atoms with Gasteiger partial charge in [-0.05, 0) is 76.5 Å². The Labute approximate surface area is 364 Å². The molecule has 5 atom stereocenters. The molecule has 3 aliphatic heterocycles. The molecule has 2 aromatic rings. The summed E-state index contributed by atoms with van der Waals surface area (Å²) in [5.41, 5.74) is -2.32. The summed E-state index contributed by atoms with van der Waals surface area (Å²) >= 11 is 0. The molecule has 3 fully saturated rings. The number of sulfonamides is 2. The maximum atomic E-state index is 14.9. The Morgan fingerprint density at radius 2 is 1.73 bits per heavy atom. The lowest BCUT2D eigenvalue weighted by atomic mass is 9.91. The van der Waals surface area contributed by atoms with E-state index in [1.54, 1.807) is 39.0 Å². The molecule has 0 bridgehead atoms. The molecular weight excluding hydrogens is 866 g/mol. The number of Topliss-reactive ketones (excluding diaryl/α,β-unsaturated/α-hetero) is 1. The van der Waals surface area contributed by atoms with Crippen molar-refractivity contribution in [3.05, 3.63) is 81.7 Å². The fourth-order valence-corrected chi connectivity index (χ4v) is 11.7. The average molecular weight is 916 g/mol. The number of ketones is 1. The molecule has 0 aromatic heterocycles. The van der Waals surface area contributed by atoms with Gasteiger partial charge in [-0.15, -0.1) is 0 Å². The van der Waals surface area contributed by atoms with Crippen molar-refractivity contribution < 1.29 is 59.6 Å². The number of nitro benzene ring substituents is 1. The third-order valence-corrected chi connectivity index (χ3v) is 15.9. The van der Waals surface area contributed by atoms with Crippen molar-refractivity contribution >= 4 is 55.4 Å². The van der Waals surface area contributed by atoms with E-state index in [0.717, 1.165) is 21.3 Å². The topological polar surface area (TPSA) is 237 Å². The second kappa shape index (κ2) is 17.4. The summed E-state index contributed by atoms with van der Waals surface area (Å²) in [4.78, 5) is 83.3. The van der Waals surface area contributed by atoms with Crippen LogP contribution in [0.15, 0.2) is 59.5 Å². The van der Waals surface area contributed by atoms with Crippen LogP contribution in [-0.4, -0.2) is 108 Å². The van der Waals surface area contributed by atoms with Crippen LogP contribution in [0.4, 0.5) is 14.9 Å². The van der Waals surface area contributed by atoms with Gasteiger partial charge in [0.1, 0.15) is 17.5 Å². The molecule has 2 aliphatic carbocycles. The summed E-state index contributed by atoms with van der Waals surface area (Å²) in [5.74, 6) is -5.62. The molecule has 2 saturated carbocycles. The minimum Gasteiger partial charge on any atom is -0.460 e. The summed E-state index contributed by atoms with van der Waals surface area (Å²) in [6.07, 6.45) is 0.439. The zero-order valence-electron chi connectivity index (χ0n) is 35.1. The Balaban J connectivity index is 1.24. The largest absolute Gasteiger partial charge is 0.460 e. The van der Waals surface area contributed by atoms with Gasteiger partial charge in [-0.1, -0.05) is 36.4 Å². The number of hydrogen-bond donors (Lipinski definition) is 1. The van der Waals surface area contributed by atoms with Crippen LogP contribution in [0.5, 0.6) is 0 Å². The Morgan fingerprint density at radius 1 is 1.00 bits per heavy atom. The van der Waals surface area contributed by atoms with Gasteiger partial charge in [-0.2, -0.15) is 4.31 Å². The first-order chi connectivity index (χ1) is 29.6. The molecule has 7 rings (SSSR count). The molecule has 0 unspecified atom stereocenters. The molecule has 21 heteroatoms. The average Bonchev–Trinajstić information content (AvgIpc) is 4.09. The van der Waals surface area contributed by atoms with Crippen LogP contribution < -0.4 is 4.72 Å². The zero-order chi connectivity index (χ0) is 45.6. The van der Waals surface area contributed by atoms with E-state index in [2.05, 4.69) is 4.72 Å². The van der Waals surface area contributed by atoms with Crippen molar-refractivity contribution in [2.24, 2.45) is 17.3 Å². The number of rotatable bonds is 9. The number of para-hydroxylation sites is 1. The predicted molar refractivity (Wildman–Crippen MR) is 220 cm³/mol. The highest BCUT2D eigenvalue weighted by atomic mass is 32.2. The number of benzene rings is 2. The summed E-state index contributed by atoms with van der Waals surface area (Å²) in [5, 5.41) is 11.2. The van der Waals surface area contributed by atoms with Crippen LogP contribution in [0.2, 0.25) is 0 Å². The standard InChI is InChI=1S/C42H50FN5O13S2/c1-41(2,3)61-37(50)19-26-16-18-46(63(58,59)36-13-5-4-12-33(36)48(54)55)17-7-6-10-28-21-42(28,39(52)44-62(56,57)30-14-15-30)22-35(49)34-20-29(24-47(34)38(26)51)60-40(53)45-23-27-9-8-11-32(43)31(27)25-45/h4-6,8-13,26,28-30,34H,7,14-25H2,1-3H3,(H,44,52)/b10-6-/t26-,28-,29-,34+,42-/m1/s1. The fourth-order valence-electron chi connectivity index (χ4n) is 8.64. The minimum atomic E-state index is -4.63. The number of nitrogens with one attached hydrogen (secondary N) is 1. The first-order valence-electron chi connectivity index (χ1n) is 20.8. The number of allylic oxidation sites excluding steroid dienone is 1. The maximum absolute atomic E-state index is 14.9. The highest BCUT2D eigenvalue weighted by Crippen LogP contribution is 2.57. The smallest absolute Gasteiger partial charge is 0.410 e. The highest BCUT2D eigenvalue weighted by Gasteiger charge is 2.62. The lowest BCUT2D eigenvalue weighted by Gasteiger charge is -2.30. The van der Waals surface area contributed by atoms with Crippen molar-refractivity contribution in [2.75, 3.05) is 19.6 Å². The van der Waals surface area contributed by atoms with Gasteiger partial charge in [0.2, 0.25) is 31.9 Å². The van der Waals surface area contributed by atoms with Crippen molar-refractivity contribution in [2.45, 2.75) is 113 Å². The first-order valence-corrected chi connectivity index (χ1v) is 23.8. The molecule has 0 spiro atoms. The first kappa shape index (κ1) is 45.7. The molecular formula is C42H50FN5O13S2. The molecule has 3 amide bonds. The minimum absolute atomic E-state index is 0.0175. The fraction of sp³-hybridized carbons (Fsp3) is 0.548. The summed E-state index contributed by atoms with van der Waals surface area (Å²) in [6.45, 7) is 3.80. The molecule has 63 heavy (non-hydrogen) atoms. The third-order valence-electron chi connectivity index (χ3n) is 12.1. The van der Waals surface area contributed by atoms with E-state index in [4.69, 9.17) is 9.47 Å². The van der Waals surface area contributed by atoms with Crippen LogP contribution in [0.1, 0.15) is 83.3 Å². The summed E-state index contributed by atoms with van der Waals surface area (Å²) in [6, 6.07) is 7.92. The summed E-state index contributed by atoms with van der Waals surface area (Å²) in [7, 11) is -8.68. The molecule has 1 N–H and O–H groups in total. The summed E-state index contributed by atoms with van der Waals surface area (Å²) < 4.78 is 83.6. The lowest BCUT2D eigenvalue weighted by Crippen LogP contribution is -2.47. The van der Waals surface area contributed by atoms with Crippen molar-refractivity contribution in [1.82, 2.24) is 18.8 Å². The van der Waals surface area contributed by atoms with E-state index in [9.17, 15) is 55.3 Å². The Kier molecular flexibility index (Phi) is 12.6. The van der Waals surface area contributed by atoms with Gasteiger partial charge in [0, 0.05) is 50.0 Å². The van der Waals surface area contributed by atoms with Gasteiger partial charge < -0.3 is 14.4 Å². The Bertz CT molecular complexity index is 2470. The van der Waals surface area contributed by atoms with E-state index in [1.807, 2.05) is 0 Å². The van der Waals surface area contributed by atoms with E-state index in [-0.39, 0.29) is 51.9 Å². The number of nitrogens with zero attached hydrogens (tertiary/aromatic N) is 4. The van der Waals surface area contributed by atoms with Gasteiger partial charge in [-0.3, -0.25) is 38.9 Å². The Hall–Kier alpha value is -5.28. The van der Waals surface area contributed by atoms with Crippen molar-refractivity contribution in [1.29, 1.82) is 0 Å². The van der Waals surface area contributed by atoms with E-state index < -0.39 is 131 Å². The second-order valence-electron chi connectivity index (χ2n) is 17.9. The SMILES string of the molecule is CC(C)(C)OC(=O)C[C@H]1CCN(S(=O)(=O)c2ccccc2[N+](=O)[O-])CC/C=C\[C@@H]2C[C@@]2(C(=O)NS(=O)(=O)C2CC2)CC(=O)[C@@H]2C[C@@H](OC(=O)N3Cc4cccc(F)c4C3)CN2C1=O. The number of amides is 3. The zero-order valence-corrected chi connectivity index (χ0v) is 36.7. The quantitative estimate of drug-likeness (QED) is 0.162. The molecule has 18 nitrogen and oxygen atoms in total. The maximum Gasteiger partial charge on any atom is 0.410 e. The van der Waals surface area contributed by atoms with Gasteiger partial charge in [0.15, 0.2) is 10.7 Å². The normalized spacial score (nSPS) is 26.3. The van der Waals surface area contributed by atoms with Crippen LogP contribution in [0.25, 0.3) is 0 Å². The number of carbonyl (C=O) groups is 5. The monoisotopic (exact) mass is 915 g/mol. The number of hydrogen-bond acceptors (Lipinski definition) is 13. The molecule has 3 heterocycles. The number of ether oxygens (including phenoxy) is 2. The van der Waals surface area contributed by atoms with Gasteiger partial charge in [-0.25, -0.2) is 26.0 Å². The Morgan fingerprint density at radius 3 is 2.41 bits per heavy atom. The van der Waals surface area contributed by atoms with Crippen LogP contribution in [-0.2, 0) is 61.8 Å². The highest BCUT2D eigenvalue weighted by molar-refractivity contribution is 7.91. The van der Waals surface area contributed by atoms with Crippen molar-refractivity contribution in [3.63, 3.8) is 0 Å². The molecule has 2 aromatic carbocycles. The van der Waals surface area contributed by atoms with Gasteiger partial charge in [0.05, 0.1) is 41.1 Å². The number of carbonyl (C=O) groups excluding carboxylic acids is 5. The number of nitro groups is 1. The number of halogens is 1. The second-order valence-corrected chi connectivity index (χ2v) is 21.8. The molecule has 5 aliphatic rings.